The normalized spacial score (nSPS) is 12.7. The van der Waals surface area contributed by atoms with Crippen LogP contribution >= 0.6 is 0 Å². The number of allylic oxidation sites excluding steroid dienone is 3. The average molecular weight is 1030 g/mol. The van der Waals surface area contributed by atoms with Gasteiger partial charge in [0.1, 0.15) is 0 Å². The van der Waals surface area contributed by atoms with E-state index in [-0.39, 0.29) is 18.5 Å². The first-order valence-corrected chi connectivity index (χ1v) is 33.1. The van der Waals surface area contributed by atoms with E-state index in [0.717, 1.165) is 38.5 Å². The number of rotatable bonds is 62. The maximum absolute atomic E-state index is 12.5. The molecule has 0 aliphatic heterocycles. The Morgan fingerprint density at radius 3 is 0.973 bits per heavy atom. The van der Waals surface area contributed by atoms with Crippen molar-refractivity contribution < 1.29 is 24.5 Å². The third-order valence-electron chi connectivity index (χ3n) is 15.5. The number of amides is 1. The molecule has 2 unspecified atom stereocenters. The van der Waals surface area contributed by atoms with Crippen LogP contribution in [-0.2, 0) is 14.3 Å². The molecule has 6 nitrogen and oxygen atoms in total. The molecule has 0 bridgehead atoms. The topological polar surface area (TPSA) is 95.9 Å². The van der Waals surface area contributed by atoms with Crippen LogP contribution in [0.15, 0.2) is 24.3 Å². The molecular formula is C67H129NO5. The van der Waals surface area contributed by atoms with Crippen molar-refractivity contribution in [2.24, 2.45) is 0 Å². The van der Waals surface area contributed by atoms with Crippen molar-refractivity contribution in [2.45, 2.75) is 379 Å². The number of hydrogen-bond acceptors (Lipinski definition) is 5. The highest BCUT2D eigenvalue weighted by Crippen LogP contribution is 2.18. The number of nitrogens with one attached hydrogen (secondary N) is 1. The average Bonchev–Trinajstić information content (AvgIpc) is 3.39. The van der Waals surface area contributed by atoms with Crippen LogP contribution in [0.4, 0.5) is 0 Å². The molecule has 0 saturated heterocycles. The number of aliphatic hydroxyl groups is 2. The van der Waals surface area contributed by atoms with E-state index in [1.54, 1.807) is 6.08 Å². The summed E-state index contributed by atoms with van der Waals surface area (Å²) in [7, 11) is 0. The quantitative estimate of drug-likeness (QED) is 0.0320. The Kier molecular flexibility index (Phi) is 61.4. The van der Waals surface area contributed by atoms with Gasteiger partial charge in [-0.2, -0.15) is 0 Å². The Morgan fingerprint density at radius 2 is 0.644 bits per heavy atom. The fourth-order valence-electron chi connectivity index (χ4n) is 10.4. The monoisotopic (exact) mass is 1030 g/mol. The molecule has 3 N–H and O–H groups in total. The summed E-state index contributed by atoms with van der Waals surface area (Å²) in [4.78, 5) is 24.5. The third kappa shape index (κ3) is 59.4. The van der Waals surface area contributed by atoms with Crippen LogP contribution in [0.1, 0.15) is 367 Å². The Morgan fingerprint density at radius 1 is 0.370 bits per heavy atom. The standard InChI is InChI=1S/C67H129NO5/c1-3-5-7-9-11-13-15-16-17-33-36-40-43-47-51-55-59-65(70)64(63-69)68-66(71)60-56-52-48-44-41-37-34-31-29-27-25-23-21-19-18-20-22-24-26-28-30-32-35-38-42-46-50-54-58-62-73-67(72)61-57-53-49-45-39-14-12-10-8-6-4-2/h18,20,55,59,64-65,69-70H,3-17,19,21-54,56-58,60-63H2,1-2H3,(H,68,71)/b20-18-,59-55+. The van der Waals surface area contributed by atoms with Gasteiger partial charge in [0.15, 0.2) is 0 Å². The van der Waals surface area contributed by atoms with E-state index in [9.17, 15) is 19.8 Å². The summed E-state index contributed by atoms with van der Waals surface area (Å²) in [5, 5.41) is 23.2. The lowest BCUT2D eigenvalue weighted by Crippen LogP contribution is -2.45. The number of carbonyl (C=O) groups excluding carboxylic acids is 2. The molecule has 0 saturated carbocycles. The summed E-state index contributed by atoms with van der Waals surface area (Å²) >= 11 is 0. The third-order valence-corrected chi connectivity index (χ3v) is 15.5. The second-order valence-electron chi connectivity index (χ2n) is 22.8. The first kappa shape index (κ1) is 71.3. The lowest BCUT2D eigenvalue weighted by atomic mass is 10.0. The van der Waals surface area contributed by atoms with Crippen LogP contribution in [0.5, 0.6) is 0 Å². The van der Waals surface area contributed by atoms with Crippen LogP contribution in [0.3, 0.4) is 0 Å². The molecule has 0 aromatic rings. The fraction of sp³-hybridized carbons (Fsp3) is 0.910. The lowest BCUT2D eigenvalue weighted by Gasteiger charge is -2.20. The molecule has 0 rings (SSSR count). The van der Waals surface area contributed by atoms with Gasteiger partial charge >= 0.3 is 5.97 Å². The summed E-state index contributed by atoms with van der Waals surface area (Å²) in [6, 6.07) is -0.627. The fourth-order valence-corrected chi connectivity index (χ4v) is 10.4. The van der Waals surface area contributed by atoms with Gasteiger partial charge in [-0.25, -0.2) is 0 Å². The molecule has 6 heteroatoms. The van der Waals surface area contributed by atoms with Gasteiger partial charge in [0.05, 0.1) is 25.4 Å². The van der Waals surface area contributed by atoms with Crippen LogP contribution in [0.2, 0.25) is 0 Å². The van der Waals surface area contributed by atoms with E-state index in [0.29, 0.717) is 19.4 Å². The van der Waals surface area contributed by atoms with Gasteiger partial charge in [0.2, 0.25) is 5.91 Å². The van der Waals surface area contributed by atoms with E-state index < -0.39 is 12.1 Å². The number of carbonyl (C=O) groups is 2. The number of ether oxygens (including phenoxy) is 1. The zero-order valence-corrected chi connectivity index (χ0v) is 49.4. The second kappa shape index (κ2) is 62.9. The van der Waals surface area contributed by atoms with Crippen molar-refractivity contribution >= 4 is 11.9 Å². The SMILES string of the molecule is CCCCCCCCCCCCCCCC/C=C/C(O)C(CO)NC(=O)CCCCCCCCCCCCCCC/C=C\CCCCCCCCCCCCCCOC(=O)CCCCCCCCCCCCC. The Hall–Kier alpha value is -1.66. The van der Waals surface area contributed by atoms with E-state index >= 15 is 0 Å². The maximum atomic E-state index is 12.5. The van der Waals surface area contributed by atoms with Crippen molar-refractivity contribution in [1.29, 1.82) is 0 Å². The molecule has 0 radical (unpaired) electrons. The van der Waals surface area contributed by atoms with Crippen LogP contribution < -0.4 is 5.32 Å². The molecule has 2 atom stereocenters. The van der Waals surface area contributed by atoms with E-state index in [2.05, 4.69) is 31.3 Å². The zero-order valence-electron chi connectivity index (χ0n) is 49.4. The number of aliphatic hydroxyl groups excluding tert-OH is 2. The molecule has 432 valence electrons. The number of esters is 1. The van der Waals surface area contributed by atoms with Crippen molar-refractivity contribution in [3.05, 3.63) is 24.3 Å². The highest BCUT2D eigenvalue weighted by molar-refractivity contribution is 5.76. The van der Waals surface area contributed by atoms with Crippen LogP contribution in [0, 0.1) is 0 Å². The summed E-state index contributed by atoms with van der Waals surface area (Å²) in [5.74, 6) is -0.0485. The summed E-state index contributed by atoms with van der Waals surface area (Å²) in [6.07, 6.45) is 78.1. The van der Waals surface area contributed by atoms with Gasteiger partial charge in [0, 0.05) is 12.8 Å². The van der Waals surface area contributed by atoms with Crippen molar-refractivity contribution in [2.75, 3.05) is 13.2 Å². The predicted molar refractivity (Wildman–Crippen MR) is 320 cm³/mol. The summed E-state index contributed by atoms with van der Waals surface area (Å²) in [6.45, 7) is 4.93. The Balaban J connectivity index is 3.39. The molecule has 0 spiro atoms. The molecule has 1 amide bonds. The van der Waals surface area contributed by atoms with Gasteiger partial charge in [-0.05, 0) is 57.8 Å². The van der Waals surface area contributed by atoms with Crippen LogP contribution in [0.25, 0.3) is 0 Å². The molecule has 0 heterocycles. The Bertz CT molecular complexity index is 1140. The first-order valence-electron chi connectivity index (χ1n) is 33.1. The molecule has 73 heavy (non-hydrogen) atoms. The van der Waals surface area contributed by atoms with Gasteiger partial charge in [0.25, 0.3) is 0 Å². The maximum Gasteiger partial charge on any atom is 0.305 e. The second-order valence-corrected chi connectivity index (χ2v) is 22.8. The smallest absolute Gasteiger partial charge is 0.305 e. The highest BCUT2D eigenvalue weighted by atomic mass is 16.5. The molecule has 0 aliphatic rings. The van der Waals surface area contributed by atoms with Gasteiger partial charge < -0.3 is 20.3 Å². The minimum Gasteiger partial charge on any atom is -0.466 e. The molecule has 0 aromatic carbocycles. The van der Waals surface area contributed by atoms with Gasteiger partial charge in [-0.1, -0.05) is 321 Å². The molecular weight excluding hydrogens is 899 g/mol. The predicted octanol–water partition coefficient (Wildman–Crippen LogP) is 21.0. The van der Waals surface area contributed by atoms with Crippen molar-refractivity contribution in [3.8, 4) is 0 Å². The summed E-state index contributed by atoms with van der Waals surface area (Å²) < 4.78 is 5.47. The van der Waals surface area contributed by atoms with Crippen LogP contribution in [-0.4, -0.2) is 47.4 Å². The van der Waals surface area contributed by atoms with E-state index in [1.807, 2.05) is 6.08 Å². The van der Waals surface area contributed by atoms with Gasteiger partial charge in [-0.3, -0.25) is 9.59 Å². The summed E-state index contributed by atoms with van der Waals surface area (Å²) in [5.41, 5.74) is 0. The number of hydrogen-bond donors (Lipinski definition) is 3. The zero-order chi connectivity index (χ0) is 52.9. The largest absolute Gasteiger partial charge is 0.466 e. The minimum atomic E-state index is -0.843. The van der Waals surface area contributed by atoms with Crippen molar-refractivity contribution in [1.82, 2.24) is 5.32 Å². The van der Waals surface area contributed by atoms with E-state index in [1.165, 1.54) is 302 Å². The van der Waals surface area contributed by atoms with E-state index in [4.69, 9.17) is 4.74 Å². The molecule has 0 aliphatic carbocycles. The number of unbranched alkanes of at least 4 members (excludes halogenated alkanes) is 49. The molecule has 0 fully saturated rings. The molecule has 0 aromatic heterocycles. The van der Waals surface area contributed by atoms with Gasteiger partial charge in [-0.15, -0.1) is 0 Å². The van der Waals surface area contributed by atoms with Crippen molar-refractivity contribution in [3.63, 3.8) is 0 Å². The minimum absolute atomic E-state index is 0.0162. The lowest BCUT2D eigenvalue weighted by molar-refractivity contribution is -0.143. The highest BCUT2D eigenvalue weighted by Gasteiger charge is 2.18. The first-order chi connectivity index (χ1) is 36.0. The Labute approximate surface area is 456 Å².